The predicted octanol–water partition coefficient (Wildman–Crippen LogP) is 4.46. The highest BCUT2D eigenvalue weighted by molar-refractivity contribution is 7.90. The molecule has 2 N–H and O–H groups in total. The molecule has 0 heterocycles. The van der Waals surface area contributed by atoms with E-state index in [-0.39, 0.29) is 5.75 Å². The first kappa shape index (κ1) is 19.7. The molecule has 0 aliphatic carbocycles. The van der Waals surface area contributed by atoms with E-state index in [1.165, 1.54) is 5.56 Å². The van der Waals surface area contributed by atoms with Gasteiger partial charge < -0.3 is 5.73 Å². The van der Waals surface area contributed by atoms with E-state index < -0.39 is 9.84 Å². The zero-order chi connectivity index (χ0) is 18.3. The predicted molar refractivity (Wildman–Crippen MR) is 104 cm³/mol. The molecule has 0 unspecified atom stereocenters. The average molecular weight is 360 g/mol. The van der Waals surface area contributed by atoms with Gasteiger partial charge in [0.25, 0.3) is 0 Å². The van der Waals surface area contributed by atoms with E-state index in [0.29, 0.717) is 10.8 Å². The second kappa shape index (κ2) is 9.16. The van der Waals surface area contributed by atoms with Crippen molar-refractivity contribution in [2.75, 3.05) is 6.54 Å². The van der Waals surface area contributed by atoms with Crippen LogP contribution < -0.4 is 5.73 Å². The number of hydrogen-bond acceptors (Lipinski definition) is 3. The number of nitrogens with two attached hydrogens (primary N) is 1. The maximum Gasteiger partial charge on any atom is 0.182 e. The molecule has 0 atom stereocenters. The van der Waals surface area contributed by atoms with Crippen LogP contribution in [-0.2, 0) is 22.0 Å². The van der Waals surface area contributed by atoms with E-state index in [9.17, 15) is 8.42 Å². The van der Waals surface area contributed by atoms with Crippen LogP contribution in [0.25, 0.3) is 0 Å². The molecule has 2 aromatic rings. The van der Waals surface area contributed by atoms with Crippen molar-refractivity contribution in [3.05, 3.63) is 65.2 Å². The second-order valence-corrected chi connectivity index (χ2v) is 8.89. The van der Waals surface area contributed by atoms with Crippen molar-refractivity contribution in [2.24, 2.45) is 5.73 Å². The molecule has 4 heteroatoms. The minimum atomic E-state index is -3.31. The molecule has 2 aromatic carbocycles. The molecular formula is C21H29NO2S. The summed E-state index contributed by atoms with van der Waals surface area (Å²) in [6.07, 6.45) is 4.34. The van der Waals surface area contributed by atoms with Crippen LogP contribution in [0, 0.1) is 0 Å². The van der Waals surface area contributed by atoms with E-state index in [2.05, 4.69) is 13.8 Å². The first-order valence-electron chi connectivity index (χ1n) is 9.03. The summed E-state index contributed by atoms with van der Waals surface area (Å²) < 4.78 is 25.2. The van der Waals surface area contributed by atoms with Crippen LogP contribution in [0.2, 0.25) is 0 Å². The molecular weight excluding hydrogens is 330 g/mol. The Bertz CT molecular complexity index is 747. The van der Waals surface area contributed by atoms with Gasteiger partial charge in [-0.1, -0.05) is 56.7 Å². The van der Waals surface area contributed by atoms with E-state index in [0.717, 1.165) is 43.4 Å². The van der Waals surface area contributed by atoms with E-state index >= 15 is 0 Å². The molecule has 0 saturated carbocycles. The van der Waals surface area contributed by atoms with Gasteiger partial charge in [-0.25, -0.2) is 8.42 Å². The third kappa shape index (κ3) is 5.98. The van der Waals surface area contributed by atoms with Gasteiger partial charge in [-0.3, -0.25) is 0 Å². The Balaban J connectivity index is 2.00. The van der Waals surface area contributed by atoms with Gasteiger partial charge in [0.2, 0.25) is 0 Å². The first-order valence-corrected chi connectivity index (χ1v) is 10.7. The Kier molecular flexibility index (Phi) is 7.21. The number of hydrogen-bond donors (Lipinski definition) is 1. The van der Waals surface area contributed by atoms with Crippen LogP contribution in [0.4, 0.5) is 0 Å². The van der Waals surface area contributed by atoms with Gasteiger partial charge >= 0.3 is 0 Å². The lowest BCUT2D eigenvalue weighted by Gasteiger charge is -2.09. The van der Waals surface area contributed by atoms with Crippen molar-refractivity contribution in [3.63, 3.8) is 0 Å². The fourth-order valence-electron chi connectivity index (χ4n) is 2.82. The summed E-state index contributed by atoms with van der Waals surface area (Å²) in [7, 11) is -3.31. The van der Waals surface area contributed by atoms with Crippen molar-refractivity contribution in [3.8, 4) is 0 Å². The quantitative estimate of drug-likeness (QED) is 0.673. The molecule has 0 radical (unpaired) electrons. The minimum absolute atomic E-state index is 0.0431. The van der Waals surface area contributed by atoms with Crippen molar-refractivity contribution < 1.29 is 8.42 Å². The lowest BCUT2D eigenvalue weighted by molar-refractivity contribution is 0.595. The van der Waals surface area contributed by atoms with E-state index in [1.54, 1.807) is 12.1 Å². The van der Waals surface area contributed by atoms with Crippen LogP contribution in [0.5, 0.6) is 0 Å². The summed E-state index contributed by atoms with van der Waals surface area (Å²) in [5, 5.41) is 0. The number of rotatable bonds is 9. The molecule has 0 aliphatic heterocycles. The zero-order valence-electron chi connectivity index (χ0n) is 15.2. The molecule has 136 valence electrons. The molecule has 0 spiro atoms. The summed E-state index contributed by atoms with van der Waals surface area (Å²) >= 11 is 0. The standard InChI is InChI=1S/C21H29NO2S/c1-17(2)20-11-13-21(14-12-20)25(23,24)16-19-9-7-18(8-10-19)6-4-3-5-15-22/h7-14,17H,3-6,15-16,22H2,1-2H3. The molecule has 3 nitrogen and oxygen atoms in total. The number of sulfone groups is 1. The van der Waals surface area contributed by atoms with Crippen LogP contribution in [0.1, 0.15) is 55.7 Å². The highest BCUT2D eigenvalue weighted by atomic mass is 32.2. The molecule has 0 aliphatic rings. The summed E-state index contributed by atoms with van der Waals surface area (Å²) in [5.74, 6) is 0.440. The average Bonchev–Trinajstić information content (AvgIpc) is 2.60. The second-order valence-electron chi connectivity index (χ2n) is 6.90. The van der Waals surface area contributed by atoms with E-state index in [1.807, 2.05) is 36.4 Å². The van der Waals surface area contributed by atoms with Crippen molar-refractivity contribution in [2.45, 2.75) is 56.1 Å². The van der Waals surface area contributed by atoms with Gasteiger partial charge in [0.05, 0.1) is 10.6 Å². The lowest BCUT2D eigenvalue weighted by Crippen LogP contribution is -2.05. The Morgan fingerprint density at radius 3 is 2.00 bits per heavy atom. The monoisotopic (exact) mass is 359 g/mol. The zero-order valence-corrected chi connectivity index (χ0v) is 16.1. The molecule has 0 aromatic heterocycles. The van der Waals surface area contributed by atoms with Crippen molar-refractivity contribution >= 4 is 9.84 Å². The Labute approximate surface area is 152 Å². The molecule has 0 fully saturated rings. The molecule has 2 rings (SSSR count). The smallest absolute Gasteiger partial charge is 0.182 e. The number of aryl methyl sites for hydroxylation is 1. The number of benzene rings is 2. The summed E-state index contributed by atoms with van der Waals surface area (Å²) in [5.41, 5.74) is 8.73. The highest BCUT2D eigenvalue weighted by Gasteiger charge is 2.15. The van der Waals surface area contributed by atoms with Gasteiger partial charge in [0.15, 0.2) is 9.84 Å². The highest BCUT2D eigenvalue weighted by Crippen LogP contribution is 2.21. The third-order valence-electron chi connectivity index (χ3n) is 4.46. The van der Waals surface area contributed by atoms with Crippen molar-refractivity contribution in [1.29, 1.82) is 0 Å². The molecule has 0 bridgehead atoms. The van der Waals surface area contributed by atoms with Crippen LogP contribution in [0.3, 0.4) is 0 Å². The van der Waals surface area contributed by atoms with E-state index in [4.69, 9.17) is 5.73 Å². The largest absolute Gasteiger partial charge is 0.330 e. The van der Waals surface area contributed by atoms with Crippen LogP contribution >= 0.6 is 0 Å². The molecule has 0 amide bonds. The van der Waals surface area contributed by atoms with Gasteiger partial charge in [-0.05, 0) is 60.5 Å². The third-order valence-corrected chi connectivity index (χ3v) is 6.16. The maximum atomic E-state index is 12.6. The maximum absolute atomic E-state index is 12.6. The Morgan fingerprint density at radius 1 is 0.840 bits per heavy atom. The lowest BCUT2D eigenvalue weighted by atomic mass is 10.0. The minimum Gasteiger partial charge on any atom is -0.330 e. The molecule has 0 saturated heterocycles. The summed E-state index contributed by atoms with van der Waals surface area (Å²) in [6.45, 7) is 4.94. The van der Waals surface area contributed by atoms with Gasteiger partial charge in [-0.2, -0.15) is 0 Å². The van der Waals surface area contributed by atoms with Gasteiger partial charge in [0.1, 0.15) is 0 Å². The fraction of sp³-hybridized carbons (Fsp3) is 0.429. The summed E-state index contributed by atoms with van der Waals surface area (Å²) in [6, 6.07) is 15.2. The topological polar surface area (TPSA) is 60.2 Å². The van der Waals surface area contributed by atoms with Gasteiger partial charge in [0, 0.05) is 0 Å². The SMILES string of the molecule is CC(C)c1ccc(S(=O)(=O)Cc2ccc(CCCCCN)cc2)cc1. The Hall–Kier alpha value is -1.65. The van der Waals surface area contributed by atoms with Crippen LogP contribution in [0.15, 0.2) is 53.4 Å². The van der Waals surface area contributed by atoms with Gasteiger partial charge in [-0.15, -0.1) is 0 Å². The first-order chi connectivity index (χ1) is 11.9. The molecule has 25 heavy (non-hydrogen) atoms. The van der Waals surface area contributed by atoms with Crippen LogP contribution in [-0.4, -0.2) is 15.0 Å². The Morgan fingerprint density at radius 2 is 1.44 bits per heavy atom. The fourth-order valence-corrected chi connectivity index (χ4v) is 4.16. The number of unbranched alkanes of at least 4 members (excludes halogenated alkanes) is 2. The summed E-state index contributed by atoms with van der Waals surface area (Å²) in [4.78, 5) is 0.391. The normalized spacial score (nSPS) is 11.8. The van der Waals surface area contributed by atoms with Crippen molar-refractivity contribution in [1.82, 2.24) is 0 Å².